The Labute approximate surface area is 189 Å². The maximum Gasteiger partial charge on any atom is 0.255 e. The molecule has 0 spiro atoms. The van der Waals surface area contributed by atoms with Crippen LogP contribution in [0.5, 0.6) is 5.75 Å². The molecule has 2 atom stereocenters. The molecule has 2 aromatic heterocycles. The minimum absolute atomic E-state index is 0. The van der Waals surface area contributed by atoms with Gasteiger partial charge in [0.1, 0.15) is 18.0 Å². The predicted octanol–water partition coefficient (Wildman–Crippen LogP) is 3.79. The summed E-state index contributed by atoms with van der Waals surface area (Å²) in [7, 11) is 0. The molecule has 0 saturated carbocycles. The first kappa shape index (κ1) is 24.0. The number of carbonyl (C=O) groups is 1. The van der Waals surface area contributed by atoms with Crippen molar-refractivity contribution < 1.29 is 9.53 Å². The highest BCUT2D eigenvalue weighted by Crippen LogP contribution is 2.21. The Kier molecular flexibility index (Phi) is 8.53. The van der Waals surface area contributed by atoms with Crippen molar-refractivity contribution in [3.8, 4) is 5.75 Å². The Morgan fingerprint density at radius 1 is 1.27 bits per heavy atom. The summed E-state index contributed by atoms with van der Waals surface area (Å²) in [6, 6.07) is 11.6. The molecular formula is C22H28Cl2N4O2. The number of ether oxygens (including phenoxy) is 1. The number of imidazole rings is 1. The molecule has 1 aromatic carbocycles. The summed E-state index contributed by atoms with van der Waals surface area (Å²) in [6.07, 6.45) is 4.87. The number of rotatable bonds is 5. The molecule has 3 aromatic rings. The van der Waals surface area contributed by atoms with Gasteiger partial charge in [0.25, 0.3) is 5.91 Å². The minimum atomic E-state index is -0.0832. The Balaban J connectivity index is 0.00000160. The number of nitrogens with one attached hydrogen (secondary N) is 2. The van der Waals surface area contributed by atoms with Crippen molar-refractivity contribution in [1.82, 2.24) is 20.0 Å². The van der Waals surface area contributed by atoms with E-state index >= 15 is 0 Å². The molecule has 30 heavy (non-hydrogen) atoms. The van der Waals surface area contributed by atoms with Gasteiger partial charge in [0, 0.05) is 18.4 Å². The number of carbonyl (C=O) groups excluding carboxylic acids is 1. The molecule has 0 radical (unpaired) electrons. The molecule has 3 heterocycles. The van der Waals surface area contributed by atoms with Gasteiger partial charge in [0.15, 0.2) is 0 Å². The van der Waals surface area contributed by atoms with Gasteiger partial charge in [-0.05, 0) is 56.1 Å². The van der Waals surface area contributed by atoms with Crippen molar-refractivity contribution in [2.24, 2.45) is 5.92 Å². The van der Waals surface area contributed by atoms with E-state index in [1.807, 2.05) is 60.1 Å². The third kappa shape index (κ3) is 5.25. The number of hydrogen-bond acceptors (Lipinski definition) is 4. The normalized spacial score (nSPS) is 18.2. The molecule has 1 fully saturated rings. The van der Waals surface area contributed by atoms with Crippen molar-refractivity contribution in [3.05, 3.63) is 65.6 Å². The molecule has 8 heteroatoms. The Bertz CT molecular complexity index is 992. The van der Waals surface area contributed by atoms with Crippen LogP contribution in [-0.2, 0) is 6.61 Å². The van der Waals surface area contributed by atoms with Gasteiger partial charge in [-0.2, -0.15) is 0 Å². The van der Waals surface area contributed by atoms with E-state index in [0.29, 0.717) is 23.8 Å². The molecule has 4 rings (SSSR count). The second-order valence-electron chi connectivity index (χ2n) is 7.49. The van der Waals surface area contributed by atoms with Gasteiger partial charge in [-0.25, -0.2) is 4.98 Å². The monoisotopic (exact) mass is 450 g/mol. The first-order chi connectivity index (χ1) is 13.6. The van der Waals surface area contributed by atoms with Gasteiger partial charge in [-0.3, -0.25) is 4.79 Å². The number of fused-ring (bicyclic) bond motifs is 1. The van der Waals surface area contributed by atoms with Crippen LogP contribution in [-0.4, -0.2) is 34.4 Å². The zero-order chi connectivity index (χ0) is 19.5. The molecule has 162 valence electrons. The summed E-state index contributed by atoms with van der Waals surface area (Å²) < 4.78 is 7.97. The van der Waals surface area contributed by atoms with E-state index in [1.54, 1.807) is 0 Å². The number of aryl methyl sites for hydroxylation is 1. The third-order valence-electron chi connectivity index (χ3n) is 5.34. The first-order valence-electron chi connectivity index (χ1n) is 9.78. The smallest absolute Gasteiger partial charge is 0.255 e. The molecular weight excluding hydrogens is 423 g/mol. The number of para-hydroxylation sites is 1. The number of aromatic nitrogens is 2. The maximum atomic E-state index is 12.8. The lowest BCUT2D eigenvalue weighted by atomic mass is 9.95. The summed E-state index contributed by atoms with van der Waals surface area (Å²) in [4.78, 5) is 17.5. The van der Waals surface area contributed by atoms with E-state index in [1.165, 1.54) is 0 Å². The van der Waals surface area contributed by atoms with Crippen LogP contribution < -0.4 is 15.4 Å². The quantitative estimate of drug-likeness (QED) is 0.620. The second kappa shape index (κ2) is 10.7. The number of benzene rings is 1. The van der Waals surface area contributed by atoms with Gasteiger partial charge < -0.3 is 19.8 Å². The number of nitrogens with zero attached hydrogens (tertiary/aromatic N) is 2. The van der Waals surface area contributed by atoms with Crippen molar-refractivity contribution in [3.63, 3.8) is 0 Å². The Morgan fingerprint density at radius 2 is 2.07 bits per heavy atom. The molecule has 1 saturated heterocycles. The highest BCUT2D eigenvalue weighted by atomic mass is 35.5. The lowest BCUT2D eigenvalue weighted by Crippen LogP contribution is -2.48. The van der Waals surface area contributed by atoms with Crippen molar-refractivity contribution in [1.29, 1.82) is 0 Å². The van der Waals surface area contributed by atoms with Crippen LogP contribution in [0.2, 0.25) is 0 Å². The Hall–Kier alpha value is -2.28. The van der Waals surface area contributed by atoms with Crippen LogP contribution in [0.15, 0.2) is 48.8 Å². The topological polar surface area (TPSA) is 67.7 Å². The number of amides is 1. The van der Waals surface area contributed by atoms with E-state index in [4.69, 9.17) is 4.74 Å². The molecule has 2 N–H and O–H groups in total. The predicted molar refractivity (Wildman–Crippen MR) is 123 cm³/mol. The minimum Gasteiger partial charge on any atom is -0.486 e. The summed E-state index contributed by atoms with van der Waals surface area (Å²) in [5, 5.41) is 6.53. The van der Waals surface area contributed by atoms with E-state index in [2.05, 4.69) is 22.5 Å². The summed E-state index contributed by atoms with van der Waals surface area (Å²) in [5.74, 6) is 0.905. The summed E-state index contributed by atoms with van der Waals surface area (Å²) >= 11 is 0. The zero-order valence-electron chi connectivity index (χ0n) is 17.1. The van der Waals surface area contributed by atoms with Crippen LogP contribution in [0.3, 0.4) is 0 Å². The second-order valence-corrected chi connectivity index (χ2v) is 7.49. The average Bonchev–Trinajstić information content (AvgIpc) is 3.13. The molecule has 1 amide bonds. The largest absolute Gasteiger partial charge is 0.486 e. The standard InChI is InChI=1S/C22H26N4O2.2ClH/c1-15-6-5-11-26-13-17(24-21(15)26)14-28-20-8-4-3-7-18(20)22(27)25-19-9-10-23-12-16(19)2;;/h3-8,11,13,16,19,23H,9-10,12,14H2,1-2H3,(H,25,27);2*1H. The van der Waals surface area contributed by atoms with Gasteiger partial charge in [0.2, 0.25) is 0 Å². The molecule has 6 nitrogen and oxygen atoms in total. The maximum absolute atomic E-state index is 12.8. The zero-order valence-corrected chi connectivity index (χ0v) is 18.8. The van der Waals surface area contributed by atoms with E-state index < -0.39 is 0 Å². The van der Waals surface area contributed by atoms with Gasteiger partial charge in [-0.15, -0.1) is 24.8 Å². The van der Waals surface area contributed by atoms with Crippen LogP contribution in [0, 0.1) is 12.8 Å². The molecule has 1 aliphatic rings. The van der Waals surface area contributed by atoms with E-state index in [9.17, 15) is 4.79 Å². The molecule has 2 unspecified atom stereocenters. The van der Waals surface area contributed by atoms with E-state index in [0.717, 1.165) is 36.4 Å². The van der Waals surface area contributed by atoms with Crippen LogP contribution in [0.4, 0.5) is 0 Å². The van der Waals surface area contributed by atoms with Crippen molar-refractivity contribution in [2.45, 2.75) is 32.9 Å². The fourth-order valence-corrected chi connectivity index (χ4v) is 3.68. The number of halogens is 2. The summed E-state index contributed by atoms with van der Waals surface area (Å²) in [5.41, 5.74) is 3.43. The SMILES string of the molecule is Cc1cccn2cc(COc3ccccc3C(=O)NC3CCNCC3C)nc12.Cl.Cl. The van der Waals surface area contributed by atoms with Crippen molar-refractivity contribution >= 4 is 36.4 Å². The average molecular weight is 451 g/mol. The highest BCUT2D eigenvalue weighted by molar-refractivity contribution is 5.97. The van der Waals surface area contributed by atoms with Crippen LogP contribution in [0.1, 0.15) is 35.0 Å². The highest BCUT2D eigenvalue weighted by Gasteiger charge is 2.24. The van der Waals surface area contributed by atoms with Crippen LogP contribution >= 0.6 is 24.8 Å². The molecule has 0 bridgehead atoms. The third-order valence-corrected chi connectivity index (χ3v) is 5.34. The molecule has 0 aliphatic carbocycles. The lowest BCUT2D eigenvalue weighted by molar-refractivity contribution is 0.0909. The fraction of sp³-hybridized carbons (Fsp3) is 0.364. The Morgan fingerprint density at radius 3 is 2.83 bits per heavy atom. The fourth-order valence-electron chi connectivity index (χ4n) is 3.68. The van der Waals surface area contributed by atoms with Gasteiger partial charge in [-0.1, -0.05) is 25.1 Å². The van der Waals surface area contributed by atoms with E-state index in [-0.39, 0.29) is 36.8 Å². The lowest BCUT2D eigenvalue weighted by Gasteiger charge is -2.30. The number of hydrogen-bond donors (Lipinski definition) is 2. The van der Waals surface area contributed by atoms with Crippen LogP contribution in [0.25, 0.3) is 5.65 Å². The first-order valence-corrected chi connectivity index (χ1v) is 9.78. The van der Waals surface area contributed by atoms with Crippen molar-refractivity contribution in [2.75, 3.05) is 13.1 Å². The van der Waals surface area contributed by atoms with Gasteiger partial charge >= 0.3 is 0 Å². The number of piperidine rings is 1. The van der Waals surface area contributed by atoms with Gasteiger partial charge in [0.05, 0.1) is 11.3 Å². The summed E-state index contributed by atoms with van der Waals surface area (Å²) in [6.45, 7) is 6.37. The number of pyridine rings is 1. The molecule has 1 aliphatic heterocycles.